The van der Waals surface area contributed by atoms with Gasteiger partial charge in [0.05, 0.1) is 19.1 Å². The predicted molar refractivity (Wildman–Crippen MR) is 62.0 cm³/mol. The molecule has 1 aliphatic heterocycles. The molecule has 1 saturated heterocycles. The van der Waals surface area contributed by atoms with Gasteiger partial charge in [0.2, 0.25) is 0 Å². The van der Waals surface area contributed by atoms with Crippen molar-refractivity contribution < 1.29 is 4.74 Å². The summed E-state index contributed by atoms with van der Waals surface area (Å²) < 4.78 is 5.12. The van der Waals surface area contributed by atoms with Crippen LogP contribution in [0.1, 0.15) is 12.0 Å². The smallest absolute Gasteiger partial charge is 0.118 e. The molecule has 3 nitrogen and oxygen atoms in total. The Morgan fingerprint density at radius 2 is 2.19 bits per heavy atom. The highest BCUT2D eigenvalue weighted by Gasteiger charge is 2.21. The molecule has 1 aliphatic rings. The maximum Gasteiger partial charge on any atom is 0.118 e. The van der Waals surface area contributed by atoms with E-state index in [2.05, 4.69) is 23.1 Å². The third-order valence-electron chi connectivity index (χ3n) is 3.02. The number of hydrogen-bond acceptors (Lipinski definition) is 3. The Morgan fingerprint density at radius 3 is 2.75 bits per heavy atom. The van der Waals surface area contributed by atoms with Crippen molar-refractivity contribution >= 4 is 0 Å². The van der Waals surface area contributed by atoms with Crippen LogP contribution in [0.4, 0.5) is 0 Å². The van der Waals surface area contributed by atoms with Gasteiger partial charge in [0.25, 0.3) is 0 Å². The van der Waals surface area contributed by atoms with Gasteiger partial charge in [0.1, 0.15) is 5.75 Å². The van der Waals surface area contributed by atoms with Crippen LogP contribution in [0.2, 0.25) is 0 Å². The van der Waals surface area contributed by atoms with Crippen LogP contribution in [-0.4, -0.2) is 25.1 Å². The summed E-state index contributed by atoms with van der Waals surface area (Å²) in [4.78, 5) is 2.33. The zero-order valence-electron chi connectivity index (χ0n) is 9.52. The molecule has 1 aromatic rings. The lowest BCUT2D eigenvalue weighted by Crippen LogP contribution is -2.19. The van der Waals surface area contributed by atoms with Crippen LogP contribution in [0.5, 0.6) is 5.75 Å². The van der Waals surface area contributed by atoms with Gasteiger partial charge >= 0.3 is 0 Å². The molecule has 3 heteroatoms. The van der Waals surface area contributed by atoms with Gasteiger partial charge in [0, 0.05) is 13.1 Å². The SMILES string of the molecule is COc1ccc(CN2CCC(C#N)C2)cc1. The van der Waals surface area contributed by atoms with Crippen molar-refractivity contribution in [3.63, 3.8) is 0 Å². The van der Waals surface area contributed by atoms with Crippen molar-refractivity contribution in [2.75, 3.05) is 20.2 Å². The van der Waals surface area contributed by atoms with Crippen molar-refractivity contribution in [1.82, 2.24) is 4.90 Å². The van der Waals surface area contributed by atoms with Crippen molar-refractivity contribution in [2.24, 2.45) is 5.92 Å². The maximum absolute atomic E-state index is 8.82. The Morgan fingerprint density at radius 1 is 1.44 bits per heavy atom. The number of ether oxygens (including phenoxy) is 1. The highest BCUT2D eigenvalue weighted by Crippen LogP contribution is 2.19. The average molecular weight is 216 g/mol. The molecule has 0 bridgehead atoms. The van der Waals surface area contributed by atoms with Gasteiger partial charge in [-0.25, -0.2) is 0 Å². The summed E-state index contributed by atoms with van der Waals surface area (Å²) in [5.74, 6) is 1.11. The van der Waals surface area contributed by atoms with Crippen LogP contribution in [0, 0.1) is 17.2 Å². The minimum Gasteiger partial charge on any atom is -0.497 e. The second-order valence-corrected chi connectivity index (χ2v) is 4.20. The first-order chi connectivity index (χ1) is 7.81. The number of nitriles is 1. The molecule has 1 unspecified atom stereocenters. The van der Waals surface area contributed by atoms with E-state index < -0.39 is 0 Å². The topological polar surface area (TPSA) is 36.3 Å². The fraction of sp³-hybridized carbons (Fsp3) is 0.462. The lowest BCUT2D eigenvalue weighted by molar-refractivity contribution is 0.325. The maximum atomic E-state index is 8.82. The number of likely N-dealkylation sites (tertiary alicyclic amines) is 1. The van der Waals surface area contributed by atoms with E-state index in [9.17, 15) is 0 Å². The normalized spacial score (nSPS) is 20.6. The van der Waals surface area contributed by atoms with E-state index in [0.717, 1.165) is 31.8 Å². The lowest BCUT2D eigenvalue weighted by Gasteiger charge is -2.14. The molecule has 84 valence electrons. The van der Waals surface area contributed by atoms with Crippen LogP contribution in [0.25, 0.3) is 0 Å². The van der Waals surface area contributed by atoms with E-state index >= 15 is 0 Å². The molecule has 0 amide bonds. The van der Waals surface area contributed by atoms with Gasteiger partial charge in [-0.15, -0.1) is 0 Å². The van der Waals surface area contributed by atoms with Crippen molar-refractivity contribution in [1.29, 1.82) is 5.26 Å². The Bertz CT molecular complexity index is 380. The van der Waals surface area contributed by atoms with Crippen molar-refractivity contribution in [2.45, 2.75) is 13.0 Å². The van der Waals surface area contributed by atoms with Crippen LogP contribution in [0.15, 0.2) is 24.3 Å². The number of hydrogen-bond donors (Lipinski definition) is 0. The van der Waals surface area contributed by atoms with E-state index in [1.807, 2.05) is 12.1 Å². The van der Waals surface area contributed by atoms with E-state index in [1.54, 1.807) is 7.11 Å². The Labute approximate surface area is 96.2 Å². The molecule has 0 aromatic heterocycles. The van der Waals surface area contributed by atoms with E-state index in [1.165, 1.54) is 5.56 Å². The Balaban J connectivity index is 1.92. The average Bonchev–Trinajstić information content (AvgIpc) is 2.78. The van der Waals surface area contributed by atoms with Gasteiger partial charge < -0.3 is 4.74 Å². The molecule has 1 aromatic carbocycles. The van der Waals surface area contributed by atoms with Crippen LogP contribution >= 0.6 is 0 Å². The minimum atomic E-state index is 0.221. The Hall–Kier alpha value is -1.53. The standard InChI is InChI=1S/C13H16N2O/c1-16-13-4-2-11(3-5-13)9-15-7-6-12(8-14)10-15/h2-5,12H,6-7,9-10H2,1H3. The molecular weight excluding hydrogens is 200 g/mol. The summed E-state index contributed by atoms with van der Waals surface area (Å²) in [6.07, 6.45) is 1.01. The lowest BCUT2D eigenvalue weighted by atomic mass is 10.1. The van der Waals surface area contributed by atoms with Gasteiger partial charge in [0.15, 0.2) is 0 Å². The molecule has 0 spiro atoms. The highest BCUT2D eigenvalue weighted by atomic mass is 16.5. The monoisotopic (exact) mass is 216 g/mol. The summed E-state index contributed by atoms with van der Waals surface area (Å²) in [6, 6.07) is 10.5. The highest BCUT2D eigenvalue weighted by molar-refractivity contribution is 5.27. The zero-order valence-corrected chi connectivity index (χ0v) is 9.52. The number of benzene rings is 1. The second kappa shape index (κ2) is 5.00. The number of rotatable bonds is 3. The zero-order chi connectivity index (χ0) is 11.4. The summed E-state index contributed by atoms with van der Waals surface area (Å²) in [5.41, 5.74) is 1.28. The first-order valence-corrected chi connectivity index (χ1v) is 5.56. The van der Waals surface area contributed by atoms with E-state index in [0.29, 0.717) is 0 Å². The fourth-order valence-corrected chi connectivity index (χ4v) is 2.07. The summed E-state index contributed by atoms with van der Waals surface area (Å²) in [7, 11) is 1.67. The van der Waals surface area contributed by atoms with Gasteiger partial charge in [-0.05, 0) is 30.7 Å². The molecular formula is C13H16N2O. The minimum absolute atomic E-state index is 0.221. The third kappa shape index (κ3) is 2.53. The summed E-state index contributed by atoms with van der Waals surface area (Å²) >= 11 is 0. The number of methoxy groups -OCH3 is 1. The quantitative estimate of drug-likeness (QED) is 0.775. The van der Waals surface area contributed by atoms with Crippen molar-refractivity contribution in [3.8, 4) is 11.8 Å². The summed E-state index contributed by atoms with van der Waals surface area (Å²) in [6.45, 7) is 2.87. The molecule has 0 N–H and O–H groups in total. The second-order valence-electron chi connectivity index (χ2n) is 4.20. The Kier molecular flexibility index (Phi) is 3.43. The third-order valence-corrected chi connectivity index (χ3v) is 3.02. The van der Waals surface area contributed by atoms with Gasteiger partial charge in [-0.3, -0.25) is 4.90 Å². The molecule has 2 rings (SSSR count). The van der Waals surface area contributed by atoms with Crippen LogP contribution < -0.4 is 4.74 Å². The van der Waals surface area contributed by atoms with Crippen LogP contribution in [0.3, 0.4) is 0 Å². The summed E-state index contributed by atoms with van der Waals surface area (Å²) in [5, 5.41) is 8.82. The molecule has 0 saturated carbocycles. The molecule has 0 radical (unpaired) electrons. The van der Waals surface area contributed by atoms with Crippen molar-refractivity contribution in [3.05, 3.63) is 29.8 Å². The van der Waals surface area contributed by atoms with Gasteiger partial charge in [-0.2, -0.15) is 5.26 Å². The van der Waals surface area contributed by atoms with E-state index in [4.69, 9.17) is 10.00 Å². The molecule has 1 atom stereocenters. The largest absolute Gasteiger partial charge is 0.497 e. The first-order valence-electron chi connectivity index (χ1n) is 5.56. The molecule has 0 aliphatic carbocycles. The van der Waals surface area contributed by atoms with Crippen LogP contribution in [-0.2, 0) is 6.54 Å². The first kappa shape index (κ1) is 11.0. The predicted octanol–water partition coefficient (Wildman–Crippen LogP) is 2.04. The fourth-order valence-electron chi connectivity index (χ4n) is 2.07. The number of nitrogens with zero attached hydrogens (tertiary/aromatic N) is 2. The molecule has 1 heterocycles. The molecule has 1 fully saturated rings. The van der Waals surface area contributed by atoms with Gasteiger partial charge in [-0.1, -0.05) is 12.1 Å². The van der Waals surface area contributed by atoms with E-state index in [-0.39, 0.29) is 5.92 Å². The molecule has 16 heavy (non-hydrogen) atoms.